The Morgan fingerprint density at radius 2 is 2.15 bits per heavy atom. The lowest BCUT2D eigenvalue weighted by Crippen LogP contribution is -2.23. The molecule has 0 aromatic carbocycles. The van der Waals surface area contributed by atoms with E-state index in [2.05, 4.69) is 35.6 Å². The van der Waals surface area contributed by atoms with Crippen LogP contribution in [0.3, 0.4) is 0 Å². The number of nitrogens with one attached hydrogen (secondary N) is 2. The molecule has 0 saturated heterocycles. The first kappa shape index (κ1) is 14.8. The van der Waals surface area contributed by atoms with Crippen LogP contribution >= 0.6 is 22.9 Å². The molecule has 0 fully saturated rings. The number of amides is 1. The number of hydrogen-bond acceptors (Lipinski definition) is 5. The van der Waals surface area contributed by atoms with E-state index in [1.54, 1.807) is 17.4 Å². The average Bonchev–Trinajstić information content (AvgIpc) is 2.74. The predicted octanol–water partition coefficient (Wildman–Crippen LogP) is 2.63. The minimum absolute atomic E-state index is 0.213. The number of halogens is 1. The third-order valence-electron chi connectivity index (χ3n) is 2.84. The number of carbonyl (C=O) groups excluding carboxylic acids is 1. The number of carbonyl (C=O) groups is 1. The number of thiophene rings is 1. The topological polar surface area (TPSA) is 80.0 Å². The molecule has 2 rings (SSSR count). The summed E-state index contributed by atoms with van der Waals surface area (Å²) in [4.78, 5) is 18.4. The maximum Gasteiger partial charge on any atom is 0.251 e. The van der Waals surface area contributed by atoms with Crippen molar-refractivity contribution < 1.29 is 4.79 Å². The van der Waals surface area contributed by atoms with Gasteiger partial charge < -0.3 is 10.7 Å². The fourth-order valence-electron chi connectivity index (χ4n) is 1.71. The quantitative estimate of drug-likeness (QED) is 0.461. The zero-order chi connectivity index (χ0) is 14.7. The fourth-order valence-corrected chi connectivity index (χ4v) is 2.91. The van der Waals surface area contributed by atoms with Crippen molar-refractivity contribution in [1.29, 1.82) is 0 Å². The number of aryl methyl sites for hydroxylation is 2. The predicted molar refractivity (Wildman–Crippen MR) is 82.0 cm³/mol. The summed E-state index contributed by atoms with van der Waals surface area (Å²) in [6, 6.07) is 5.13. The number of nitrogen functional groups attached to an aromatic ring is 1. The number of aromatic nitrogens is 1. The van der Waals surface area contributed by atoms with Crippen molar-refractivity contribution in [1.82, 2.24) is 10.3 Å². The molecular weight excluding hydrogens is 296 g/mol. The summed E-state index contributed by atoms with van der Waals surface area (Å²) >= 11 is 7.51. The first-order chi connectivity index (χ1) is 9.49. The van der Waals surface area contributed by atoms with Crippen LogP contribution in [-0.4, -0.2) is 10.9 Å². The third-order valence-corrected chi connectivity index (χ3v) is 4.19. The lowest BCUT2D eigenvalue weighted by atomic mass is 10.2. The van der Waals surface area contributed by atoms with Gasteiger partial charge in [-0.15, -0.1) is 11.3 Å². The van der Waals surface area contributed by atoms with E-state index in [1.807, 2.05) is 0 Å². The summed E-state index contributed by atoms with van der Waals surface area (Å²) in [5, 5.41) is 3.07. The lowest BCUT2D eigenvalue weighted by Gasteiger charge is -2.06. The lowest BCUT2D eigenvalue weighted by molar-refractivity contribution is 0.0951. The number of nitrogens with two attached hydrogens (primary N) is 1. The van der Waals surface area contributed by atoms with Crippen molar-refractivity contribution >= 4 is 34.7 Å². The van der Waals surface area contributed by atoms with E-state index in [0.717, 1.165) is 4.88 Å². The van der Waals surface area contributed by atoms with Gasteiger partial charge in [-0.25, -0.2) is 10.8 Å². The molecule has 0 bridgehead atoms. The number of hydrogen-bond donors (Lipinski definition) is 3. The Morgan fingerprint density at radius 1 is 1.40 bits per heavy atom. The molecule has 0 aliphatic heterocycles. The molecule has 1 amide bonds. The average molecular weight is 311 g/mol. The normalized spacial score (nSPS) is 10.4. The van der Waals surface area contributed by atoms with Crippen LogP contribution in [0.15, 0.2) is 18.2 Å². The van der Waals surface area contributed by atoms with Gasteiger partial charge in [0.1, 0.15) is 11.0 Å². The summed E-state index contributed by atoms with van der Waals surface area (Å²) in [6.45, 7) is 4.61. The molecule has 0 atom stereocenters. The van der Waals surface area contributed by atoms with Crippen molar-refractivity contribution in [2.45, 2.75) is 20.4 Å². The van der Waals surface area contributed by atoms with Crippen LogP contribution in [0.2, 0.25) is 5.15 Å². The molecule has 2 aromatic rings. The summed E-state index contributed by atoms with van der Waals surface area (Å²) < 4.78 is 0. The smallest absolute Gasteiger partial charge is 0.251 e. The van der Waals surface area contributed by atoms with Gasteiger partial charge in [0.15, 0.2) is 0 Å². The second kappa shape index (κ2) is 6.21. The second-order valence-corrected chi connectivity index (χ2v) is 6.07. The third kappa shape index (κ3) is 3.47. The van der Waals surface area contributed by atoms with Gasteiger partial charge in [0.25, 0.3) is 5.91 Å². The Balaban J connectivity index is 2.06. The number of hydrazine groups is 1. The van der Waals surface area contributed by atoms with E-state index >= 15 is 0 Å². The summed E-state index contributed by atoms with van der Waals surface area (Å²) in [5.74, 6) is 5.41. The van der Waals surface area contributed by atoms with E-state index in [-0.39, 0.29) is 11.1 Å². The zero-order valence-corrected chi connectivity index (χ0v) is 12.7. The highest BCUT2D eigenvalue weighted by Gasteiger charge is 2.10. The molecule has 5 nitrogen and oxygen atoms in total. The van der Waals surface area contributed by atoms with Gasteiger partial charge >= 0.3 is 0 Å². The van der Waals surface area contributed by atoms with Gasteiger partial charge in [0, 0.05) is 15.3 Å². The highest BCUT2D eigenvalue weighted by Crippen LogP contribution is 2.20. The molecule has 0 unspecified atom stereocenters. The Morgan fingerprint density at radius 3 is 2.75 bits per heavy atom. The second-order valence-electron chi connectivity index (χ2n) is 4.34. The molecule has 0 saturated carbocycles. The minimum atomic E-state index is -0.213. The number of anilines is 1. The van der Waals surface area contributed by atoms with Crippen molar-refractivity contribution in [3.63, 3.8) is 0 Å². The Kier molecular flexibility index (Phi) is 4.59. The van der Waals surface area contributed by atoms with Crippen LogP contribution in [0.25, 0.3) is 0 Å². The highest BCUT2D eigenvalue weighted by atomic mass is 35.5. The van der Waals surface area contributed by atoms with E-state index < -0.39 is 0 Å². The maximum atomic E-state index is 12.1. The molecule has 0 radical (unpaired) electrons. The van der Waals surface area contributed by atoms with Gasteiger partial charge in [-0.2, -0.15) is 0 Å². The fraction of sp³-hybridized carbons (Fsp3) is 0.231. The maximum absolute atomic E-state index is 12.1. The molecular formula is C13H15ClN4OS. The van der Waals surface area contributed by atoms with Gasteiger partial charge in [0.05, 0.1) is 6.54 Å². The molecule has 0 aliphatic carbocycles. The molecule has 106 valence electrons. The summed E-state index contributed by atoms with van der Waals surface area (Å²) in [5.41, 5.74) is 4.03. The van der Waals surface area contributed by atoms with Crippen LogP contribution in [0.4, 0.5) is 5.82 Å². The Bertz CT molecular complexity index is 622. The van der Waals surface area contributed by atoms with Crippen molar-refractivity contribution in [2.75, 3.05) is 5.43 Å². The van der Waals surface area contributed by atoms with Gasteiger partial charge in [-0.3, -0.25) is 4.79 Å². The number of nitrogens with zero attached hydrogens (tertiary/aromatic N) is 1. The Hall–Kier alpha value is -1.63. The molecule has 2 heterocycles. The summed E-state index contributed by atoms with van der Waals surface area (Å²) in [6.07, 6.45) is 0. The van der Waals surface area contributed by atoms with E-state index in [0.29, 0.717) is 17.9 Å². The monoisotopic (exact) mass is 310 g/mol. The molecule has 7 heteroatoms. The molecule has 4 N–H and O–H groups in total. The van der Waals surface area contributed by atoms with Crippen molar-refractivity contribution in [3.8, 4) is 0 Å². The van der Waals surface area contributed by atoms with Gasteiger partial charge in [-0.1, -0.05) is 11.6 Å². The van der Waals surface area contributed by atoms with Gasteiger partial charge in [0.2, 0.25) is 0 Å². The van der Waals surface area contributed by atoms with E-state index in [1.165, 1.54) is 16.5 Å². The van der Waals surface area contributed by atoms with Gasteiger partial charge in [-0.05, 0) is 37.6 Å². The number of pyridine rings is 1. The van der Waals surface area contributed by atoms with Crippen LogP contribution in [-0.2, 0) is 6.54 Å². The van der Waals surface area contributed by atoms with E-state index in [9.17, 15) is 4.79 Å². The molecule has 0 aliphatic rings. The van der Waals surface area contributed by atoms with Crippen molar-refractivity contribution in [2.24, 2.45) is 5.84 Å². The van der Waals surface area contributed by atoms with Crippen LogP contribution in [0.1, 0.15) is 25.7 Å². The zero-order valence-electron chi connectivity index (χ0n) is 11.2. The standard InChI is InChI=1S/C13H15ClN4OS/c1-7-3-10(20-8(7)2)6-16-13(19)9-4-11(14)17-12(5-9)18-15/h3-5H,6,15H2,1-2H3,(H,16,19)(H,17,18). The highest BCUT2D eigenvalue weighted by molar-refractivity contribution is 7.12. The molecule has 20 heavy (non-hydrogen) atoms. The minimum Gasteiger partial charge on any atom is -0.347 e. The van der Waals surface area contributed by atoms with Crippen LogP contribution < -0.4 is 16.6 Å². The first-order valence-electron chi connectivity index (χ1n) is 5.98. The van der Waals surface area contributed by atoms with Crippen molar-refractivity contribution in [3.05, 3.63) is 44.2 Å². The number of rotatable bonds is 4. The van der Waals surface area contributed by atoms with Crippen LogP contribution in [0.5, 0.6) is 0 Å². The largest absolute Gasteiger partial charge is 0.347 e. The van der Waals surface area contributed by atoms with E-state index in [4.69, 9.17) is 17.4 Å². The Labute approximate surface area is 126 Å². The molecule has 2 aromatic heterocycles. The first-order valence-corrected chi connectivity index (χ1v) is 7.17. The van der Waals surface area contributed by atoms with Crippen LogP contribution in [0, 0.1) is 13.8 Å². The summed E-state index contributed by atoms with van der Waals surface area (Å²) in [7, 11) is 0. The SMILES string of the molecule is Cc1cc(CNC(=O)c2cc(Cl)nc(NN)c2)sc1C. The molecule has 0 spiro atoms.